The van der Waals surface area contributed by atoms with Crippen molar-refractivity contribution in [2.45, 2.75) is 57.4 Å². The van der Waals surface area contributed by atoms with Crippen molar-refractivity contribution in [2.75, 3.05) is 0 Å². The molecule has 0 aliphatic heterocycles. The Labute approximate surface area is 91.8 Å². The van der Waals surface area contributed by atoms with Gasteiger partial charge in [-0.15, -0.1) is 0 Å². The van der Waals surface area contributed by atoms with Crippen molar-refractivity contribution in [1.29, 1.82) is 0 Å². The summed E-state index contributed by atoms with van der Waals surface area (Å²) in [6.45, 7) is 1.68. The minimum absolute atomic E-state index is 0.184. The first kappa shape index (κ1) is 9.68. The van der Waals surface area contributed by atoms with E-state index in [0.717, 1.165) is 17.8 Å². The second kappa shape index (κ2) is 3.23. The summed E-state index contributed by atoms with van der Waals surface area (Å²) in [6, 6.07) is 0. The average Bonchev–Trinajstić information content (AvgIpc) is 2.16. The van der Waals surface area contributed by atoms with Crippen molar-refractivity contribution in [3.8, 4) is 0 Å². The van der Waals surface area contributed by atoms with Crippen molar-refractivity contribution >= 4 is 5.91 Å². The van der Waals surface area contributed by atoms with E-state index in [4.69, 9.17) is 0 Å². The maximum absolute atomic E-state index is 11.4. The first-order chi connectivity index (χ1) is 7.20. The summed E-state index contributed by atoms with van der Waals surface area (Å²) in [5.74, 6) is 2.83. The first-order valence-corrected chi connectivity index (χ1v) is 6.48. The van der Waals surface area contributed by atoms with E-state index in [9.17, 15) is 4.79 Å². The molecule has 4 aliphatic carbocycles. The van der Waals surface area contributed by atoms with Gasteiger partial charge in [0.2, 0.25) is 5.91 Å². The zero-order valence-corrected chi connectivity index (χ0v) is 9.59. The minimum Gasteiger partial charge on any atom is -0.351 e. The van der Waals surface area contributed by atoms with E-state index in [0.29, 0.717) is 0 Å². The van der Waals surface area contributed by atoms with E-state index in [-0.39, 0.29) is 11.4 Å². The molecule has 2 heteroatoms. The summed E-state index contributed by atoms with van der Waals surface area (Å²) in [6.07, 6.45) is 9.50. The SMILES string of the molecule is CC(=O)N[C@@]12CCC[C@H]3C[C@@H](CC[C@@H]31)C2. The quantitative estimate of drug-likeness (QED) is 0.703. The highest BCUT2D eigenvalue weighted by Crippen LogP contribution is 2.56. The molecule has 0 aromatic rings. The molecule has 1 amide bonds. The van der Waals surface area contributed by atoms with Gasteiger partial charge in [-0.3, -0.25) is 4.79 Å². The van der Waals surface area contributed by atoms with Gasteiger partial charge in [0, 0.05) is 12.5 Å². The van der Waals surface area contributed by atoms with Gasteiger partial charge in [-0.05, 0) is 56.3 Å². The third-order valence-electron chi connectivity index (χ3n) is 5.08. The lowest BCUT2D eigenvalue weighted by Crippen LogP contribution is -2.63. The topological polar surface area (TPSA) is 29.1 Å². The van der Waals surface area contributed by atoms with Gasteiger partial charge in [0.05, 0.1) is 0 Å². The summed E-state index contributed by atoms with van der Waals surface area (Å²) in [5, 5.41) is 3.32. The van der Waals surface area contributed by atoms with E-state index in [1.807, 2.05) is 0 Å². The van der Waals surface area contributed by atoms with Crippen LogP contribution in [0.15, 0.2) is 0 Å². The Morgan fingerprint density at radius 1 is 1.33 bits per heavy atom. The highest BCUT2D eigenvalue weighted by atomic mass is 16.1. The van der Waals surface area contributed by atoms with Crippen LogP contribution in [0.4, 0.5) is 0 Å². The molecule has 0 unspecified atom stereocenters. The Hall–Kier alpha value is -0.530. The van der Waals surface area contributed by atoms with Gasteiger partial charge in [-0.2, -0.15) is 0 Å². The summed E-state index contributed by atoms with van der Waals surface area (Å²) in [5.41, 5.74) is 0.218. The van der Waals surface area contributed by atoms with Crippen LogP contribution in [0, 0.1) is 17.8 Å². The van der Waals surface area contributed by atoms with Crippen molar-refractivity contribution in [3.05, 3.63) is 0 Å². The number of hydrogen-bond donors (Lipinski definition) is 1. The summed E-state index contributed by atoms with van der Waals surface area (Å²) < 4.78 is 0. The third-order valence-corrected chi connectivity index (χ3v) is 5.08. The van der Waals surface area contributed by atoms with Gasteiger partial charge in [0.1, 0.15) is 0 Å². The Morgan fingerprint density at radius 2 is 2.20 bits per heavy atom. The number of hydrogen-bond acceptors (Lipinski definition) is 1. The molecule has 0 saturated heterocycles. The smallest absolute Gasteiger partial charge is 0.217 e. The minimum atomic E-state index is 0.184. The predicted molar refractivity (Wildman–Crippen MR) is 59.3 cm³/mol. The normalized spacial score (nSPS) is 47.7. The van der Waals surface area contributed by atoms with Crippen LogP contribution in [-0.4, -0.2) is 11.4 Å². The molecule has 4 rings (SSSR count). The fourth-order valence-electron chi connectivity index (χ4n) is 4.78. The fraction of sp³-hybridized carbons (Fsp3) is 0.923. The second-order valence-electron chi connectivity index (χ2n) is 5.98. The predicted octanol–water partition coefficient (Wildman–Crippen LogP) is 2.48. The molecule has 4 saturated carbocycles. The number of carbonyl (C=O) groups excluding carboxylic acids is 1. The van der Waals surface area contributed by atoms with Gasteiger partial charge in [-0.25, -0.2) is 0 Å². The van der Waals surface area contributed by atoms with Crippen LogP contribution in [-0.2, 0) is 4.79 Å². The van der Waals surface area contributed by atoms with E-state index in [1.54, 1.807) is 6.92 Å². The molecule has 1 N–H and O–H groups in total. The largest absolute Gasteiger partial charge is 0.351 e. The van der Waals surface area contributed by atoms with Gasteiger partial charge in [0.25, 0.3) is 0 Å². The summed E-state index contributed by atoms with van der Waals surface area (Å²) >= 11 is 0. The fourth-order valence-corrected chi connectivity index (χ4v) is 4.78. The molecule has 0 radical (unpaired) electrons. The molecule has 0 aromatic carbocycles. The van der Waals surface area contributed by atoms with Crippen molar-refractivity contribution in [3.63, 3.8) is 0 Å². The summed E-state index contributed by atoms with van der Waals surface area (Å²) in [7, 11) is 0. The van der Waals surface area contributed by atoms with E-state index in [2.05, 4.69) is 5.32 Å². The zero-order chi connectivity index (χ0) is 10.5. The average molecular weight is 207 g/mol. The van der Waals surface area contributed by atoms with Crippen LogP contribution in [0.3, 0.4) is 0 Å². The Kier molecular flexibility index (Phi) is 2.08. The highest BCUT2D eigenvalue weighted by molar-refractivity contribution is 5.74. The number of carbonyl (C=O) groups is 1. The van der Waals surface area contributed by atoms with E-state index >= 15 is 0 Å². The standard InChI is InChI=1S/C13H21NO/c1-9(15)14-13-6-2-3-11-7-10(8-13)4-5-12(11)13/h10-12H,2-8H2,1H3,(H,14,15)/t10-,11+,12+,13-/m1/s1. The van der Waals surface area contributed by atoms with Gasteiger partial charge >= 0.3 is 0 Å². The molecule has 84 valence electrons. The molecule has 0 spiro atoms. The van der Waals surface area contributed by atoms with Gasteiger partial charge in [0.15, 0.2) is 0 Å². The number of fused-ring (bicyclic) bond motifs is 1. The van der Waals surface area contributed by atoms with Crippen molar-refractivity contribution in [1.82, 2.24) is 5.32 Å². The Balaban J connectivity index is 1.89. The molecule has 4 fully saturated rings. The molecular formula is C13H21NO. The maximum atomic E-state index is 11.4. The number of rotatable bonds is 1. The van der Waals surface area contributed by atoms with Gasteiger partial charge in [-0.1, -0.05) is 6.42 Å². The van der Waals surface area contributed by atoms with E-state index < -0.39 is 0 Å². The molecule has 4 atom stereocenters. The second-order valence-corrected chi connectivity index (χ2v) is 5.98. The van der Waals surface area contributed by atoms with Crippen LogP contribution >= 0.6 is 0 Å². The molecule has 4 aliphatic rings. The van der Waals surface area contributed by atoms with Crippen molar-refractivity contribution in [2.24, 2.45) is 17.8 Å². The van der Waals surface area contributed by atoms with Crippen LogP contribution in [0.2, 0.25) is 0 Å². The molecular weight excluding hydrogens is 186 g/mol. The summed E-state index contributed by atoms with van der Waals surface area (Å²) in [4.78, 5) is 11.4. The lowest BCUT2D eigenvalue weighted by molar-refractivity contribution is -0.126. The molecule has 0 heterocycles. The lowest BCUT2D eigenvalue weighted by Gasteiger charge is -2.58. The van der Waals surface area contributed by atoms with Crippen LogP contribution in [0.25, 0.3) is 0 Å². The van der Waals surface area contributed by atoms with Gasteiger partial charge < -0.3 is 5.32 Å². The third kappa shape index (κ3) is 1.41. The Morgan fingerprint density at radius 3 is 2.93 bits per heavy atom. The molecule has 2 nitrogen and oxygen atoms in total. The van der Waals surface area contributed by atoms with E-state index in [1.165, 1.54) is 44.9 Å². The number of amides is 1. The zero-order valence-electron chi connectivity index (χ0n) is 9.59. The molecule has 4 bridgehead atoms. The highest BCUT2D eigenvalue weighted by Gasteiger charge is 2.53. The molecule has 0 aromatic heterocycles. The Bertz CT molecular complexity index is 288. The van der Waals surface area contributed by atoms with Crippen molar-refractivity contribution < 1.29 is 4.79 Å². The number of nitrogens with one attached hydrogen (secondary N) is 1. The maximum Gasteiger partial charge on any atom is 0.217 e. The lowest BCUT2D eigenvalue weighted by atomic mass is 9.51. The molecule has 15 heavy (non-hydrogen) atoms. The van der Waals surface area contributed by atoms with Crippen LogP contribution in [0.5, 0.6) is 0 Å². The van der Waals surface area contributed by atoms with Crippen LogP contribution in [0.1, 0.15) is 51.9 Å². The van der Waals surface area contributed by atoms with Crippen LogP contribution < -0.4 is 5.32 Å². The first-order valence-electron chi connectivity index (χ1n) is 6.48. The monoisotopic (exact) mass is 207 g/mol.